The Kier molecular flexibility index (Phi) is 11.7. The normalized spacial score (nSPS) is 23.9. The van der Waals surface area contributed by atoms with Gasteiger partial charge in [0.15, 0.2) is 0 Å². The van der Waals surface area contributed by atoms with Gasteiger partial charge >= 0.3 is 11.9 Å². The Morgan fingerprint density at radius 2 is 1.44 bits per heavy atom. The third-order valence-electron chi connectivity index (χ3n) is 6.68. The highest BCUT2D eigenvalue weighted by Gasteiger charge is 2.42. The van der Waals surface area contributed by atoms with Crippen LogP contribution in [0.25, 0.3) is 0 Å². The Hall–Kier alpha value is -1.06. The van der Waals surface area contributed by atoms with Gasteiger partial charge in [-0.15, -0.1) is 0 Å². The number of hydrogen-bond acceptors (Lipinski definition) is 2. The zero-order valence-corrected chi connectivity index (χ0v) is 17.7. The smallest absolute Gasteiger partial charge is 0.309 e. The van der Waals surface area contributed by atoms with Gasteiger partial charge in [0.05, 0.1) is 11.3 Å². The van der Waals surface area contributed by atoms with Crippen LogP contribution in [0.3, 0.4) is 0 Å². The van der Waals surface area contributed by atoms with Crippen molar-refractivity contribution >= 4 is 11.9 Å². The number of carboxylic acids is 2. The van der Waals surface area contributed by atoms with Crippen LogP contribution in [0.1, 0.15) is 117 Å². The maximum atomic E-state index is 11.8. The lowest BCUT2D eigenvalue weighted by molar-refractivity contribution is -0.156. The van der Waals surface area contributed by atoms with E-state index >= 15 is 0 Å². The molecule has 1 aliphatic carbocycles. The monoisotopic (exact) mass is 382 g/mol. The van der Waals surface area contributed by atoms with Crippen LogP contribution >= 0.6 is 0 Å². The van der Waals surface area contributed by atoms with Crippen LogP contribution in [0.15, 0.2) is 0 Å². The Bertz CT molecular complexity index is 424. The van der Waals surface area contributed by atoms with E-state index in [2.05, 4.69) is 13.8 Å². The standard InChI is InChI=1S/C23H42O4/c1-3-5-8-12-19(11-4-2)13-9-6-7-10-16-23(22(26)27)17-14-20(15-18-23)21(24)25/h19-20H,3-18H2,1-2H3,(H,24,25)(H,26,27). The number of aliphatic carboxylic acids is 2. The third-order valence-corrected chi connectivity index (χ3v) is 6.68. The average molecular weight is 383 g/mol. The summed E-state index contributed by atoms with van der Waals surface area (Å²) in [5.41, 5.74) is -0.670. The van der Waals surface area contributed by atoms with E-state index in [-0.39, 0.29) is 5.92 Å². The number of rotatable bonds is 15. The first-order valence-electron chi connectivity index (χ1n) is 11.4. The van der Waals surface area contributed by atoms with Crippen molar-refractivity contribution in [1.82, 2.24) is 0 Å². The van der Waals surface area contributed by atoms with Gasteiger partial charge in [-0.3, -0.25) is 9.59 Å². The van der Waals surface area contributed by atoms with Gasteiger partial charge in [-0.2, -0.15) is 0 Å². The van der Waals surface area contributed by atoms with Crippen molar-refractivity contribution in [2.45, 2.75) is 117 Å². The predicted octanol–water partition coefficient (Wildman–Crippen LogP) is 6.67. The summed E-state index contributed by atoms with van der Waals surface area (Å²) in [6.07, 6.45) is 16.6. The molecule has 1 saturated carbocycles. The quantitative estimate of drug-likeness (QED) is 0.310. The van der Waals surface area contributed by atoms with Crippen molar-refractivity contribution < 1.29 is 19.8 Å². The fourth-order valence-electron chi connectivity index (χ4n) is 4.76. The summed E-state index contributed by atoms with van der Waals surface area (Å²) < 4.78 is 0. The maximum absolute atomic E-state index is 11.8. The molecular formula is C23H42O4. The van der Waals surface area contributed by atoms with Gasteiger partial charge in [-0.1, -0.05) is 84.5 Å². The molecule has 0 bridgehead atoms. The molecule has 2 N–H and O–H groups in total. The van der Waals surface area contributed by atoms with E-state index < -0.39 is 17.4 Å². The molecule has 0 aromatic heterocycles. The molecule has 4 nitrogen and oxygen atoms in total. The molecule has 0 spiro atoms. The van der Waals surface area contributed by atoms with Crippen molar-refractivity contribution in [2.75, 3.05) is 0 Å². The zero-order chi connectivity index (χ0) is 20.1. The van der Waals surface area contributed by atoms with Crippen LogP contribution in [-0.2, 0) is 9.59 Å². The molecule has 1 fully saturated rings. The Morgan fingerprint density at radius 1 is 0.852 bits per heavy atom. The number of carboxylic acid groups (broad SMARTS) is 2. The van der Waals surface area contributed by atoms with Crippen molar-refractivity contribution in [3.63, 3.8) is 0 Å². The molecule has 0 aliphatic heterocycles. The minimum absolute atomic E-state index is 0.347. The molecule has 1 unspecified atom stereocenters. The Labute approximate surface area is 166 Å². The molecule has 158 valence electrons. The lowest BCUT2D eigenvalue weighted by Crippen LogP contribution is -2.37. The van der Waals surface area contributed by atoms with Crippen LogP contribution in [0.2, 0.25) is 0 Å². The predicted molar refractivity (Wildman–Crippen MR) is 110 cm³/mol. The Morgan fingerprint density at radius 3 is 1.96 bits per heavy atom. The number of unbranched alkanes of at least 4 members (excludes halogenated alkanes) is 5. The van der Waals surface area contributed by atoms with E-state index in [0.717, 1.165) is 18.8 Å². The van der Waals surface area contributed by atoms with Gasteiger partial charge in [-0.25, -0.2) is 0 Å². The topological polar surface area (TPSA) is 74.6 Å². The van der Waals surface area contributed by atoms with Crippen LogP contribution in [0.4, 0.5) is 0 Å². The lowest BCUT2D eigenvalue weighted by Gasteiger charge is -2.35. The summed E-state index contributed by atoms with van der Waals surface area (Å²) in [5, 5.41) is 18.8. The summed E-state index contributed by atoms with van der Waals surface area (Å²) in [6.45, 7) is 4.53. The summed E-state index contributed by atoms with van der Waals surface area (Å²) in [5.74, 6) is -0.960. The molecule has 4 heteroatoms. The highest BCUT2D eigenvalue weighted by Crippen LogP contribution is 2.43. The van der Waals surface area contributed by atoms with Gasteiger partial charge in [-0.05, 0) is 38.0 Å². The summed E-state index contributed by atoms with van der Waals surface area (Å²) in [6, 6.07) is 0. The molecule has 1 atom stereocenters. The summed E-state index contributed by atoms with van der Waals surface area (Å²) >= 11 is 0. The van der Waals surface area contributed by atoms with Gasteiger partial charge in [0.2, 0.25) is 0 Å². The largest absolute Gasteiger partial charge is 0.481 e. The van der Waals surface area contributed by atoms with Gasteiger partial charge in [0.1, 0.15) is 0 Å². The molecule has 0 aromatic carbocycles. The molecule has 1 rings (SSSR count). The fraction of sp³-hybridized carbons (Fsp3) is 0.913. The first-order chi connectivity index (χ1) is 12.9. The first-order valence-corrected chi connectivity index (χ1v) is 11.4. The van der Waals surface area contributed by atoms with Gasteiger partial charge in [0.25, 0.3) is 0 Å². The van der Waals surface area contributed by atoms with E-state index in [1.807, 2.05) is 0 Å². The van der Waals surface area contributed by atoms with Crippen molar-refractivity contribution in [2.24, 2.45) is 17.3 Å². The van der Waals surface area contributed by atoms with E-state index in [1.54, 1.807) is 0 Å². The molecule has 27 heavy (non-hydrogen) atoms. The second-order valence-corrected chi connectivity index (χ2v) is 8.80. The zero-order valence-electron chi connectivity index (χ0n) is 17.7. The second kappa shape index (κ2) is 13.2. The molecule has 1 aliphatic rings. The summed E-state index contributed by atoms with van der Waals surface area (Å²) in [4.78, 5) is 22.9. The third kappa shape index (κ3) is 8.66. The minimum Gasteiger partial charge on any atom is -0.481 e. The molecule has 0 amide bonds. The van der Waals surface area contributed by atoms with Crippen LogP contribution in [0, 0.1) is 17.3 Å². The molecule has 0 aromatic rings. The average Bonchev–Trinajstić information content (AvgIpc) is 2.64. The van der Waals surface area contributed by atoms with Crippen LogP contribution < -0.4 is 0 Å². The van der Waals surface area contributed by atoms with E-state index in [4.69, 9.17) is 5.11 Å². The fourth-order valence-corrected chi connectivity index (χ4v) is 4.76. The molecule has 0 saturated heterocycles. The molecular weight excluding hydrogens is 340 g/mol. The SMILES string of the molecule is CCCCCC(CCC)CCCCCCC1(C(=O)O)CCC(C(=O)O)CC1. The molecule has 0 heterocycles. The number of carbonyl (C=O) groups is 2. The van der Waals surface area contributed by atoms with Crippen molar-refractivity contribution in [1.29, 1.82) is 0 Å². The Balaban J connectivity index is 2.26. The van der Waals surface area contributed by atoms with Crippen molar-refractivity contribution in [3.05, 3.63) is 0 Å². The van der Waals surface area contributed by atoms with Crippen LogP contribution in [0.5, 0.6) is 0 Å². The maximum Gasteiger partial charge on any atom is 0.309 e. The number of hydrogen-bond donors (Lipinski definition) is 2. The highest BCUT2D eigenvalue weighted by molar-refractivity contribution is 5.76. The van der Waals surface area contributed by atoms with Gasteiger partial charge < -0.3 is 10.2 Å². The van der Waals surface area contributed by atoms with Crippen LogP contribution in [-0.4, -0.2) is 22.2 Å². The van der Waals surface area contributed by atoms with E-state index in [9.17, 15) is 14.7 Å². The molecule has 0 radical (unpaired) electrons. The first kappa shape index (κ1) is 24.0. The van der Waals surface area contributed by atoms with E-state index in [1.165, 1.54) is 57.8 Å². The van der Waals surface area contributed by atoms with Gasteiger partial charge in [0, 0.05) is 0 Å². The highest BCUT2D eigenvalue weighted by atomic mass is 16.4. The lowest BCUT2D eigenvalue weighted by atomic mass is 9.68. The minimum atomic E-state index is -0.769. The summed E-state index contributed by atoms with van der Waals surface area (Å²) in [7, 11) is 0. The van der Waals surface area contributed by atoms with E-state index in [0.29, 0.717) is 32.1 Å². The second-order valence-electron chi connectivity index (χ2n) is 8.80. The van der Waals surface area contributed by atoms with Crippen molar-refractivity contribution in [3.8, 4) is 0 Å².